The van der Waals surface area contributed by atoms with Crippen LogP contribution in [0, 0.1) is 6.92 Å². The van der Waals surface area contributed by atoms with E-state index in [1.807, 2.05) is 18.4 Å². The maximum absolute atomic E-state index is 11.8. The van der Waals surface area contributed by atoms with Gasteiger partial charge in [-0.25, -0.2) is 4.98 Å². The Hall–Kier alpha value is -1.69. The molecule has 0 fully saturated rings. The molecular weight excluding hydrogens is 248 g/mol. The van der Waals surface area contributed by atoms with Crippen LogP contribution >= 0.6 is 11.3 Å². The van der Waals surface area contributed by atoms with Gasteiger partial charge >= 0.3 is 0 Å². The van der Waals surface area contributed by atoms with Crippen molar-refractivity contribution in [3.05, 3.63) is 27.8 Å². The number of aromatic amines is 1. The summed E-state index contributed by atoms with van der Waals surface area (Å²) in [6, 6.07) is 1.87. The number of anilines is 1. The number of amides is 1. The van der Waals surface area contributed by atoms with Crippen molar-refractivity contribution in [1.29, 1.82) is 0 Å². The first kappa shape index (κ1) is 12.8. The van der Waals surface area contributed by atoms with E-state index in [-0.39, 0.29) is 5.91 Å². The predicted molar refractivity (Wildman–Crippen MR) is 71.8 cm³/mol. The van der Waals surface area contributed by atoms with E-state index in [1.165, 1.54) is 0 Å². The predicted octanol–water partition coefficient (Wildman–Crippen LogP) is 2.31. The molecule has 0 radical (unpaired) electrons. The molecule has 96 valence electrons. The van der Waals surface area contributed by atoms with E-state index in [1.54, 1.807) is 11.3 Å². The minimum atomic E-state index is -0.0881. The van der Waals surface area contributed by atoms with Crippen molar-refractivity contribution in [2.45, 2.75) is 33.1 Å². The summed E-state index contributed by atoms with van der Waals surface area (Å²) >= 11 is 1.55. The Morgan fingerprint density at radius 1 is 1.56 bits per heavy atom. The topological polar surface area (TPSA) is 70.7 Å². The number of nitrogens with zero attached hydrogens (tertiary/aromatic N) is 2. The lowest BCUT2D eigenvalue weighted by atomic mass is 10.2. The Morgan fingerprint density at radius 3 is 3.06 bits per heavy atom. The number of rotatable bonds is 5. The SMILES string of the molecule is CCCc1cc(NC(=O)Cc2csc(C)n2)n[nH]1. The lowest BCUT2D eigenvalue weighted by Crippen LogP contribution is -2.14. The summed E-state index contributed by atoms with van der Waals surface area (Å²) in [7, 11) is 0. The molecule has 0 aliphatic carbocycles. The van der Waals surface area contributed by atoms with E-state index >= 15 is 0 Å². The second kappa shape index (κ2) is 5.77. The van der Waals surface area contributed by atoms with Gasteiger partial charge in [-0.15, -0.1) is 11.3 Å². The number of aromatic nitrogens is 3. The number of carbonyl (C=O) groups is 1. The van der Waals surface area contributed by atoms with Crippen LogP contribution < -0.4 is 5.32 Å². The van der Waals surface area contributed by atoms with Crippen molar-refractivity contribution in [3.8, 4) is 0 Å². The van der Waals surface area contributed by atoms with Crippen molar-refractivity contribution in [2.75, 3.05) is 5.32 Å². The monoisotopic (exact) mass is 264 g/mol. The van der Waals surface area contributed by atoms with Gasteiger partial charge in [-0.05, 0) is 13.3 Å². The third-order valence-corrected chi connectivity index (χ3v) is 3.25. The van der Waals surface area contributed by atoms with Crippen LogP contribution in [0.25, 0.3) is 0 Å². The molecule has 0 aliphatic rings. The Kier molecular flexibility index (Phi) is 4.09. The van der Waals surface area contributed by atoms with Crippen molar-refractivity contribution in [2.24, 2.45) is 0 Å². The average Bonchev–Trinajstić information content (AvgIpc) is 2.89. The number of hydrogen-bond acceptors (Lipinski definition) is 4. The summed E-state index contributed by atoms with van der Waals surface area (Å²) in [5.74, 6) is 0.491. The fraction of sp³-hybridized carbons (Fsp3) is 0.417. The van der Waals surface area contributed by atoms with Crippen LogP contribution in [0.1, 0.15) is 29.7 Å². The molecule has 0 aliphatic heterocycles. The smallest absolute Gasteiger partial charge is 0.231 e. The normalized spacial score (nSPS) is 10.6. The number of thiazole rings is 1. The third-order valence-electron chi connectivity index (χ3n) is 2.43. The number of carbonyl (C=O) groups excluding carboxylic acids is 1. The van der Waals surface area contributed by atoms with Crippen molar-refractivity contribution in [3.63, 3.8) is 0 Å². The van der Waals surface area contributed by atoms with Gasteiger partial charge in [-0.3, -0.25) is 9.89 Å². The zero-order valence-corrected chi connectivity index (χ0v) is 11.3. The Balaban J connectivity index is 1.90. The maximum Gasteiger partial charge on any atom is 0.231 e. The second-order valence-corrected chi connectivity index (χ2v) is 5.17. The molecule has 0 saturated carbocycles. The summed E-state index contributed by atoms with van der Waals surface area (Å²) in [6.07, 6.45) is 2.28. The maximum atomic E-state index is 11.8. The number of H-pyrrole nitrogens is 1. The van der Waals surface area contributed by atoms with E-state index in [0.29, 0.717) is 12.2 Å². The Bertz CT molecular complexity index is 532. The molecule has 0 bridgehead atoms. The Labute approximate surface area is 110 Å². The molecular formula is C12H16N4OS. The van der Waals surface area contributed by atoms with E-state index in [9.17, 15) is 4.79 Å². The summed E-state index contributed by atoms with van der Waals surface area (Å²) < 4.78 is 0. The first-order valence-corrected chi connectivity index (χ1v) is 6.80. The van der Waals surface area contributed by atoms with Crippen LogP contribution in [0.3, 0.4) is 0 Å². The highest BCUT2D eigenvalue weighted by Gasteiger charge is 2.08. The zero-order valence-electron chi connectivity index (χ0n) is 10.5. The van der Waals surface area contributed by atoms with Crippen LogP contribution in [-0.2, 0) is 17.6 Å². The van der Waals surface area contributed by atoms with E-state index < -0.39 is 0 Å². The first-order valence-electron chi connectivity index (χ1n) is 5.92. The molecule has 18 heavy (non-hydrogen) atoms. The molecule has 5 nitrogen and oxygen atoms in total. The van der Waals surface area contributed by atoms with Crippen LogP contribution in [0.5, 0.6) is 0 Å². The lowest BCUT2D eigenvalue weighted by molar-refractivity contribution is -0.115. The standard InChI is InChI=1S/C12H16N4OS/c1-3-4-9-5-11(16-15-9)14-12(17)6-10-7-18-8(2)13-10/h5,7H,3-4,6H2,1-2H3,(H2,14,15,16,17). The summed E-state index contributed by atoms with van der Waals surface area (Å²) in [6.45, 7) is 4.03. The van der Waals surface area contributed by atoms with Crippen LogP contribution in [0.4, 0.5) is 5.82 Å². The van der Waals surface area contributed by atoms with Gasteiger partial charge in [0.05, 0.1) is 17.1 Å². The minimum absolute atomic E-state index is 0.0881. The molecule has 0 spiro atoms. The van der Waals surface area contributed by atoms with Gasteiger partial charge < -0.3 is 5.32 Å². The van der Waals surface area contributed by atoms with Gasteiger partial charge in [0.1, 0.15) is 0 Å². The fourth-order valence-corrected chi connectivity index (χ4v) is 2.28. The quantitative estimate of drug-likeness (QED) is 0.870. The average molecular weight is 264 g/mol. The van der Waals surface area contributed by atoms with Crippen molar-refractivity contribution in [1.82, 2.24) is 15.2 Å². The number of hydrogen-bond donors (Lipinski definition) is 2. The molecule has 0 atom stereocenters. The van der Waals surface area contributed by atoms with Gasteiger partial charge in [0.2, 0.25) is 5.91 Å². The third kappa shape index (κ3) is 3.40. The van der Waals surface area contributed by atoms with Gasteiger partial charge in [0.15, 0.2) is 5.82 Å². The fourth-order valence-electron chi connectivity index (χ4n) is 1.66. The van der Waals surface area contributed by atoms with E-state index in [4.69, 9.17) is 0 Å². The highest BCUT2D eigenvalue weighted by atomic mass is 32.1. The second-order valence-electron chi connectivity index (χ2n) is 4.11. The summed E-state index contributed by atoms with van der Waals surface area (Å²) in [5.41, 5.74) is 1.84. The molecule has 2 aromatic heterocycles. The molecule has 0 unspecified atom stereocenters. The molecule has 2 heterocycles. The lowest BCUT2D eigenvalue weighted by Gasteiger charge is -1.98. The van der Waals surface area contributed by atoms with Crippen molar-refractivity contribution >= 4 is 23.1 Å². The molecule has 2 rings (SSSR count). The molecule has 2 aromatic rings. The van der Waals surface area contributed by atoms with Gasteiger partial charge in [0.25, 0.3) is 0 Å². The first-order chi connectivity index (χ1) is 8.67. The summed E-state index contributed by atoms with van der Waals surface area (Å²) in [5, 5.41) is 12.6. The molecule has 2 N–H and O–H groups in total. The Morgan fingerprint density at radius 2 is 2.39 bits per heavy atom. The minimum Gasteiger partial charge on any atom is -0.309 e. The zero-order chi connectivity index (χ0) is 13.0. The largest absolute Gasteiger partial charge is 0.309 e. The van der Waals surface area contributed by atoms with Crippen LogP contribution in [-0.4, -0.2) is 21.1 Å². The van der Waals surface area contributed by atoms with Crippen LogP contribution in [0.15, 0.2) is 11.4 Å². The van der Waals surface area contributed by atoms with Gasteiger partial charge in [-0.2, -0.15) is 5.10 Å². The van der Waals surface area contributed by atoms with Gasteiger partial charge in [-0.1, -0.05) is 13.3 Å². The van der Waals surface area contributed by atoms with E-state index in [0.717, 1.165) is 29.2 Å². The van der Waals surface area contributed by atoms with Crippen molar-refractivity contribution < 1.29 is 4.79 Å². The summed E-state index contributed by atoms with van der Waals surface area (Å²) in [4.78, 5) is 16.0. The highest BCUT2D eigenvalue weighted by molar-refractivity contribution is 7.09. The van der Waals surface area contributed by atoms with Gasteiger partial charge in [0, 0.05) is 17.1 Å². The molecule has 0 aromatic carbocycles. The highest BCUT2D eigenvalue weighted by Crippen LogP contribution is 2.11. The number of nitrogens with one attached hydrogen (secondary N) is 2. The molecule has 6 heteroatoms. The molecule has 0 saturated heterocycles. The number of aryl methyl sites for hydroxylation is 2. The molecule has 1 amide bonds. The van der Waals surface area contributed by atoms with Crippen LogP contribution in [0.2, 0.25) is 0 Å². The van der Waals surface area contributed by atoms with E-state index in [2.05, 4.69) is 27.4 Å².